The number of aromatic nitrogens is 2. The molecule has 1 aromatic heterocycles. The van der Waals surface area contributed by atoms with Crippen LogP contribution in [0.15, 0.2) is 22.7 Å². The van der Waals surface area contributed by atoms with Crippen LogP contribution in [-0.2, 0) is 12.0 Å². The van der Waals surface area contributed by atoms with E-state index in [0.29, 0.717) is 29.2 Å². The lowest BCUT2D eigenvalue weighted by Crippen LogP contribution is -2.35. The molecule has 1 aliphatic heterocycles. The Balaban J connectivity index is 1.71. The molecular weight excluding hydrogens is 352 g/mol. The molecule has 1 aliphatic rings. The lowest BCUT2D eigenvalue weighted by molar-refractivity contribution is 0.203. The molecule has 1 aromatic carbocycles. The van der Waals surface area contributed by atoms with Crippen molar-refractivity contribution >= 4 is 23.0 Å². The lowest BCUT2D eigenvalue weighted by Gasteiger charge is -2.34. The number of hydrogen-bond donors (Lipinski definition) is 2. The molecule has 2 aromatic rings. The third-order valence-corrected chi connectivity index (χ3v) is 4.98. The van der Waals surface area contributed by atoms with E-state index in [4.69, 9.17) is 16.1 Å². The first-order chi connectivity index (χ1) is 12.4. The van der Waals surface area contributed by atoms with Crippen molar-refractivity contribution in [3.8, 4) is 0 Å². The van der Waals surface area contributed by atoms with Crippen molar-refractivity contribution in [3.63, 3.8) is 0 Å². The Hall–Kier alpha value is -1.79. The van der Waals surface area contributed by atoms with Crippen LogP contribution in [0.25, 0.3) is 0 Å². The Morgan fingerprint density at radius 1 is 1.31 bits per heavy atom. The van der Waals surface area contributed by atoms with Gasteiger partial charge in [-0.1, -0.05) is 37.5 Å². The third-order valence-electron chi connectivity index (χ3n) is 4.74. The van der Waals surface area contributed by atoms with Crippen LogP contribution >= 0.6 is 11.6 Å². The highest BCUT2D eigenvalue weighted by Gasteiger charge is 2.22. The van der Waals surface area contributed by atoms with Crippen LogP contribution in [0, 0.1) is 5.92 Å². The number of halogens is 1. The van der Waals surface area contributed by atoms with E-state index in [2.05, 4.69) is 41.1 Å². The largest absolute Gasteiger partial charge is 0.396 e. The molecular formula is C19H27ClN4O2. The highest BCUT2D eigenvalue weighted by molar-refractivity contribution is 6.31. The zero-order valence-corrected chi connectivity index (χ0v) is 16.4. The van der Waals surface area contributed by atoms with Crippen LogP contribution in [0.2, 0.25) is 5.02 Å². The quantitative estimate of drug-likeness (QED) is 0.823. The number of benzene rings is 1. The molecule has 1 fully saturated rings. The average Bonchev–Trinajstić information content (AvgIpc) is 3.10. The van der Waals surface area contributed by atoms with Crippen molar-refractivity contribution in [1.29, 1.82) is 0 Å². The van der Waals surface area contributed by atoms with E-state index in [1.807, 2.05) is 18.2 Å². The van der Waals surface area contributed by atoms with E-state index in [0.717, 1.165) is 37.3 Å². The van der Waals surface area contributed by atoms with Crippen LogP contribution in [0.4, 0.5) is 11.4 Å². The Kier molecular flexibility index (Phi) is 5.73. The van der Waals surface area contributed by atoms with Crippen LogP contribution in [-0.4, -0.2) is 34.9 Å². The minimum atomic E-state index is -0.139. The van der Waals surface area contributed by atoms with E-state index in [9.17, 15) is 5.11 Å². The van der Waals surface area contributed by atoms with Gasteiger partial charge in [0.1, 0.15) is 0 Å². The summed E-state index contributed by atoms with van der Waals surface area (Å²) >= 11 is 6.20. The van der Waals surface area contributed by atoms with Crippen molar-refractivity contribution in [2.24, 2.45) is 5.92 Å². The number of nitrogens with zero attached hydrogens (tertiary/aromatic N) is 3. The first kappa shape index (κ1) is 19.0. The predicted octanol–water partition coefficient (Wildman–Crippen LogP) is 3.84. The fourth-order valence-electron chi connectivity index (χ4n) is 3.08. The summed E-state index contributed by atoms with van der Waals surface area (Å²) in [7, 11) is 0. The molecule has 7 heteroatoms. The van der Waals surface area contributed by atoms with E-state index < -0.39 is 0 Å². The minimum absolute atomic E-state index is 0.139. The smallest absolute Gasteiger partial charge is 0.245 e. The van der Waals surface area contributed by atoms with Gasteiger partial charge in [-0.2, -0.15) is 4.98 Å². The molecule has 1 saturated heterocycles. The molecule has 142 valence electrons. The third kappa shape index (κ3) is 4.48. The molecule has 3 rings (SSSR count). The summed E-state index contributed by atoms with van der Waals surface area (Å²) in [6, 6.07) is 5.87. The first-order valence-corrected chi connectivity index (χ1v) is 9.47. The van der Waals surface area contributed by atoms with Gasteiger partial charge in [-0.25, -0.2) is 0 Å². The zero-order valence-electron chi connectivity index (χ0n) is 15.6. The second kappa shape index (κ2) is 7.84. The zero-order chi connectivity index (χ0) is 18.7. The maximum absolute atomic E-state index is 9.34. The van der Waals surface area contributed by atoms with Gasteiger partial charge >= 0.3 is 0 Å². The number of nitrogens with one attached hydrogen (secondary N) is 1. The molecule has 2 N–H and O–H groups in total. The summed E-state index contributed by atoms with van der Waals surface area (Å²) in [5.74, 6) is 1.66. The molecule has 0 bridgehead atoms. The van der Waals surface area contributed by atoms with Crippen LogP contribution in [0.3, 0.4) is 0 Å². The van der Waals surface area contributed by atoms with Crippen LogP contribution in [0.5, 0.6) is 0 Å². The Morgan fingerprint density at radius 2 is 2.04 bits per heavy atom. The van der Waals surface area contributed by atoms with Crippen molar-refractivity contribution < 1.29 is 9.63 Å². The number of rotatable bonds is 5. The number of hydrogen-bond acceptors (Lipinski definition) is 6. The van der Waals surface area contributed by atoms with Crippen molar-refractivity contribution in [1.82, 2.24) is 10.1 Å². The number of piperidine rings is 1. The number of aliphatic hydroxyl groups is 1. The van der Waals surface area contributed by atoms with Gasteiger partial charge in [0.15, 0.2) is 5.82 Å². The molecule has 0 atom stereocenters. The van der Waals surface area contributed by atoms with Gasteiger partial charge in [-0.3, -0.25) is 0 Å². The van der Waals surface area contributed by atoms with Gasteiger partial charge in [-0.15, -0.1) is 0 Å². The summed E-state index contributed by atoms with van der Waals surface area (Å²) in [6.45, 7) is 8.74. The summed E-state index contributed by atoms with van der Waals surface area (Å²) in [6.07, 6.45) is 1.99. The van der Waals surface area contributed by atoms with E-state index >= 15 is 0 Å². The first-order valence-electron chi connectivity index (χ1n) is 9.09. The van der Waals surface area contributed by atoms with Crippen molar-refractivity contribution in [3.05, 3.63) is 34.9 Å². The molecule has 26 heavy (non-hydrogen) atoms. The fourth-order valence-corrected chi connectivity index (χ4v) is 3.26. The normalized spacial score (nSPS) is 16.1. The second-order valence-electron chi connectivity index (χ2n) is 7.89. The van der Waals surface area contributed by atoms with E-state index in [-0.39, 0.29) is 12.0 Å². The highest BCUT2D eigenvalue weighted by Crippen LogP contribution is 2.32. The van der Waals surface area contributed by atoms with Gasteiger partial charge in [0.2, 0.25) is 5.89 Å². The SMILES string of the molecule is CC(C)(C)c1noc(CNc2cc(Cl)ccc2N2CCC(CO)CC2)n1. The molecule has 0 aliphatic carbocycles. The molecule has 0 radical (unpaired) electrons. The summed E-state index contributed by atoms with van der Waals surface area (Å²) in [5.41, 5.74) is 1.93. The van der Waals surface area contributed by atoms with Gasteiger partial charge in [-0.05, 0) is 37.0 Å². The van der Waals surface area contributed by atoms with Crippen molar-refractivity contribution in [2.75, 3.05) is 29.9 Å². The van der Waals surface area contributed by atoms with Crippen LogP contribution in [0.1, 0.15) is 45.3 Å². The predicted molar refractivity (Wildman–Crippen MR) is 104 cm³/mol. The molecule has 2 heterocycles. The fraction of sp³-hybridized carbons (Fsp3) is 0.579. The number of aliphatic hydroxyl groups excluding tert-OH is 1. The topological polar surface area (TPSA) is 74.4 Å². The summed E-state index contributed by atoms with van der Waals surface area (Å²) in [5, 5.41) is 17.5. The minimum Gasteiger partial charge on any atom is -0.396 e. The monoisotopic (exact) mass is 378 g/mol. The van der Waals surface area contributed by atoms with Gasteiger partial charge in [0.05, 0.1) is 17.9 Å². The maximum Gasteiger partial charge on any atom is 0.245 e. The molecule has 6 nitrogen and oxygen atoms in total. The number of anilines is 2. The van der Waals surface area contributed by atoms with E-state index in [1.165, 1.54) is 0 Å². The van der Waals surface area contributed by atoms with Gasteiger partial charge in [0.25, 0.3) is 0 Å². The molecule has 0 spiro atoms. The Bertz CT molecular complexity index is 733. The average molecular weight is 379 g/mol. The van der Waals surface area contributed by atoms with Gasteiger partial charge in [0, 0.05) is 30.1 Å². The molecule has 0 unspecified atom stereocenters. The molecule has 0 amide bonds. The maximum atomic E-state index is 9.34. The summed E-state index contributed by atoms with van der Waals surface area (Å²) < 4.78 is 5.36. The van der Waals surface area contributed by atoms with Gasteiger partial charge < -0.3 is 19.8 Å². The highest BCUT2D eigenvalue weighted by atomic mass is 35.5. The van der Waals surface area contributed by atoms with Crippen LogP contribution < -0.4 is 10.2 Å². The lowest BCUT2D eigenvalue weighted by atomic mass is 9.96. The Morgan fingerprint density at radius 3 is 2.65 bits per heavy atom. The molecule has 0 saturated carbocycles. The van der Waals surface area contributed by atoms with Crippen molar-refractivity contribution in [2.45, 2.75) is 45.6 Å². The summed E-state index contributed by atoms with van der Waals surface area (Å²) in [4.78, 5) is 6.80. The van der Waals surface area contributed by atoms with E-state index in [1.54, 1.807) is 0 Å². The second-order valence-corrected chi connectivity index (χ2v) is 8.33. The Labute approximate surface area is 159 Å². The standard InChI is InChI=1S/C19H27ClN4O2/c1-19(2,3)18-22-17(26-23-18)11-21-15-10-14(20)4-5-16(15)24-8-6-13(12-25)7-9-24/h4-5,10,13,21,25H,6-9,11-12H2,1-3H3.